The molecule has 2 aromatic heterocycles. The molecule has 1 aliphatic rings. The molecule has 0 saturated carbocycles. The lowest BCUT2D eigenvalue weighted by Gasteiger charge is -2.33. The van der Waals surface area contributed by atoms with Crippen LogP contribution in [-0.2, 0) is 30.6 Å². The molecule has 12 nitrogen and oxygen atoms in total. The van der Waals surface area contributed by atoms with E-state index in [0.29, 0.717) is 28.6 Å². The van der Waals surface area contributed by atoms with Crippen molar-refractivity contribution in [1.82, 2.24) is 24.6 Å². The normalized spacial score (nSPS) is 23.5. The van der Waals surface area contributed by atoms with Crippen LogP contribution >= 0.6 is 18.2 Å². The third-order valence-corrected chi connectivity index (χ3v) is 10.3. The van der Waals surface area contributed by atoms with Crippen molar-refractivity contribution in [2.24, 2.45) is 0 Å². The Hall–Kier alpha value is -2.97. The van der Waals surface area contributed by atoms with Gasteiger partial charge in [0.15, 0.2) is 29.4 Å². The third-order valence-electron chi connectivity index (χ3n) is 7.41. The molecule has 6 atom stereocenters. The lowest BCUT2D eigenvalue weighted by Crippen LogP contribution is -2.48. The average Bonchev–Trinajstić information content (AvgIpc) is 3.53. The average molecular weight is 695 g/mol. The van der Waals surface area contributed by atoms with Crippen LogP contribution in [0.2, 0.25) is 0 Å². The van der Waals surface area contributed by atoms with Gasteiger partial charge in [0.05, 0.1) is 24.9 Å². The van der Waals surface area contributed by atoms with E-state index >= 15 is 4.39 Å². The number of hydrogen-bond donors (Lipinski definition) is 2. The monoisotopic (exact) mass is 694 g/mol. The molecule has 0 radical (unpaired) electrons. The zero-order valence-corrected chi connectivity index (χ0v) is 28.7. The molecule has 2 N–H and O–H groups in total. The standard InChI is InChI=1S/C30H37ClFN6O6PS/c1-17(2)42-29(40)18(3)36-45(46,44-22-13-9-11-20-10-7-8-12-21(20)22)41-15-30(14-31)25(39)23(32)28(43-30)38-16-33-24-26(37(5)6)34-19(4)35-27(24)38/h7-13,16-18,23,25,28,39H,14-15H2,1-6H3,(H,36,46)/t18-,23+,25-,28+,30+,45?/m0/s1. The highest BCUT2D eigenvalue weighted by atomic mass is 35.5. The van der Waals surface area contributed by atoms with Crippen LogP contribution in [0.3, 0.4) is 0 Å². The molecule has 2 aromatic carbocycles. The third kappa shape index (κ3) is 6.84. The van der Waals surface area contributed by atoms with Crippen molar-refractivity contribution in [3.8, 4) is 5.75 Å². The summed E-state index contributed by atoms with van der Waals surface area (Å²) in [6.45, 7) is 2.64. The smallest absolute Gasteiger partial charge is 0.323 e. The molecule has 0 aliphatic carbocycles. The van der Waals surface area contributed by atoms with E-state index in [0.717, 1.165) is 10.8 Å². The molecular formula is C30H37ClFN6O6PS. The Morgan fingerprint density at radius 1 is 1.24 bits per heavy atom. The lowest BCUT2D eigenvalue weighted by atomic mass is 9.99. The van der Waals surface area contributed by atoms with Gasteiger partial charge in [-0.3, -0.25) is 9.36 Å². The Balaban J connectivity index is 1.46. The van der Waals surface area contributed by atoms with Crippen LogP contribution < -0.4 is 14.5 Å². The molecule has 1 fully saturated rings. The maximum absolute atomic E-state index is 16.0. The zero-order valence-electron chi connectivity index (χ0n) is 26.3. The zero-order chi connectivity index (χ0) is 33.4. The van der Waals surface area contributed by atoms with Crippen LogP contribution in [-0.4, -0.2) is 87.2 Å². The highest BCUT2D eigenvalue weighted by molar-refractivity contribution is 8.09. The number of nitrogens with one attached hydrogen (secondary N) is 1. The van der Waals surface area contributed by atoms with Gasteiger partial charge in [-0.05, 0) is 51.0 Å². The van der Waals surface area contributed by atoms with Gasteiger partial charge in [-0.2, -0.15) is 0 Å². The first-order valence-corrected chi connectivity index (χ1v) is 17.8. The molecule has 16 heteroatoms. The minimum atomic E-state index is -3.63. The first-order valence-electron chi connectivity index (χ1n) is 14.6. The van der Waals surface area contributed by atoms with E-state index in [2.05, 4.69) is 20.0 Å². The summed E-state index contributed by atoms with van der Waals surface area (Å²) in [5.74, 6) is 0.474. The van der Waals surface area contributed by atoms with E-state index in [4.69, 9.17) is 41.9 Å². The van der Waals surface area contributed by atoms with Crippen molar-refractivity contribution in [3.05, 3.63) is 54.6 Å². The Kier molecular flexibility index (Phi) is 10.2. The summed E-state index contributed by atoms with van der Waals surface area (Å²) < 4.78 is 41.5. The van der Waals surface area contributed by atoms with E-state index in [1.165, 1.54) is 10.9 Å². The summed E-state index contributed by atoms with van der Waals surface area (Å²) in [5.41, 5.74) is -0.999. The van der Waals surface area contributed by atoms with Crippen LogP contribution in [0.1, 0.15) is 32.8 Å². The summed E-state index contributed by atoms with van der Waals surface area (Å²) >= 11 is 12.3. The second-order valence-corrected chi connectivity index (χ2v) is 15.0. The number of carbonyl (C=O) groups is 1. The maximum atomic E-state index is 16.0. The molecule has 0 bridgehead atoms. The molecule has 3 heterocycles. The highest BCUT2D eigenvalue weighted by Gasteiger charge is 2.57. The van der Waals surface area contributed by atoms with Crippen molar-refractivity contribution < 1.29 is 32.8 Å². The first kappa shape index (κ1) is 34.4. The van der Waals surface area contributed by atoms with Gasteiger partial charge in [0.25, 0.3) is 0 Å². The summed E-state index contributed by atoms with van der Waals surface area (Å²) in [4.78, 5) is 27.8. The number of fused-ring (bicyclic) bond motifs is 2. The fourth-order valence-corrected chi connectivity index (χ4v) is 7.86. The van der Waals surface area contributed by atoms with E-state index in [-0.39, 0.29) is 12.0 Å². The fraction of sp³-hybridized carbons (Fsp3) is 0.467. The number of imidazole rings is 1. The van der Waals surface area contributed by atoms with Crippen molar-refractivity contribution in [1.29, 1.82) is 0 Å². The number of alkyl halides is 2. The van der Waals surface area contributed by atoms with Gasteiger partial charge in [-0.25, -0.2) is 24.4 Å². The molecular weight excluding hydrogens is 658 g/mol. The Morgan fingerprint density at radius 2 is 1.96 bits per heavy atom. The molecule has 1 aliphatic heterocycles. The van der Waals surface area contributed by atoms with Gasteiger partial charge < -0.3 is 28.5 Å². The molecule has 4 aromatic rings. The van der Waals surface area contributed by atoms with E-state index in [1.807, 2.05) is 44.4 Å². The van der Waals surface area contributed by atoms with Crippen LogP contribution in [0, 0.1) is 6.92 Å². The number of aliphatic hydroxyl groups is 1. The van der Waals surface area contributed by atoms with E-state index in [9.17, 15) is 9.90 Å². The Morgan fingerprint density at radius 3 is 2.65 bits per heavy atom. The summed E-state index contributed by atoms with van der Waals surface area (Å²) in [7, 11) is 3.62. The second kappa shape index (κ2) is 13.6. The number of nitrogens with zero attached hydrogens (tertiary/aromatic N) is 5. The lowest BCUT2D eigenvalue weighted by molar-refractivity contribution is -0.149. The number of rotatable bonds is 12. The largest absolute Gasteiger partial charge is 0.462 e. The van der Waals surface area contributed by atoms with Crippen LogP contribution in [0.5, 0.6) is 5.75 Å². The van der Waals surface area contributed by atoms with Crippen LogP contribution in [0.4, 0.5) is 10.2 Å². The molecule has 0 amide bonds. The fourth-order valence-electron chi connectivity index (χ4n) is 5.12. The van der Waals surface area contributed by atoms with Crippen molar-refractivity contribution >= 4 is 63.8 Å². The van der Waals surface area contributed by atoms with Crippen molar-refractivity contribution in [2.45, 2.75) is 63.9 Å². The summed E-state index contributed by atoms with van der Waals surface area (Å²) in [6.07, 6.45) is -4.00. The van der Waals surface area contributed by atoms with Crippen LogP contribution in [0.25, 0.3) is 21.9 Å². The summed E-state index contributed by atoms with van der Waals surface area (Å²) in [6, 6.07) is 12.1. The molecule has 5 rings (SSSR count). The SMILES string of the molecule is Cc1nc(N(C)C)c2ncn([C@@H]3O[C@](CCl)(COP(=S)(N[C@@H](C)C(=O)OC(C)C)Oc4cccc5ccccc45)[C@@H](O)[C@H]3F)c2n1. The van der Waals surface area contributed by atoms with Gasteiger partial charge >= 0.3 is 12.6 Å². The molecule has 46 heavy (non-hydrogen) atoms. The number of carbonyl (C=O) groups excluding carboxylic acids is 1. The number of hydrogen-bond acceptors (Lipinski definition) is 11. The van der Waals surface area contributed by atoms with E-state index in [1.54, 1.807) is 44.7 Å². The molecule has 0 spiro atoms. The predicted octanol–water partition coefficient (Wildman–Crippen LogP) is 4.81. The number of benzene rings is 2. The number of anilines is 1. The van der Waals surface area contributed by atoms with Gasteiger partial charge in [0, 0.05) is 19.5 Å². The molecule has 1 unspecified atom stereocenters. The van der Waals surface area contributed by atoms with Crippen LogP contribution in [0.15, 0.2) is 48.8 Å². The predicted molar refractivity (Wildman–Crippen MR) is 178 cm³/mol. The number of ether oxygens (including phenoxy) is 2. The van der Waals surface area contributed by atoms with Gasteiger partial charge in [-0.15, -0.1) is 11.6 Å². The number of aromatic nitrogens is 4. The molecule has 248 valence electrons. The minimum absolute atomic E-state index is 0.325. The number of halogens is 2. The van der Waals surface area contributed by atoms with Crippen molar-refractivity contribution in [3.63, 3.8) is 0 Å². The number of aliphatic hydroxyl groups excluding tert-OH is 1. The second-order valence-electron chi connectivity index (χ2n) is 11.6. The Labute approximate surface area is 276 Å². The minimum Gasteiger partial charge on any atom is -0.462 e. The number of esters is 1. The first-order chi connectivity index (χ1) is 21.8. The Bertz CT molecular complexity index is 1780. The molecule has 1 saturated heterocycles. The maximum Gasteiger partial charge on any atom is 0.323 e. The van der Waals surface area contributed by atoms with E-state index < -0.39 is 49.4 Å². The van der Waals surface area contributed by atoms with Gasteiger partial charge in [-0.1, -0.05) is 36.4 Å². The van der Waals surface area contributed by atoms with Gasteiger partial charge in [0.2, 0.25) is 0 Å². The number of aryl methyl sites for hydroxylation is 1. The van der Waals surface area contributed by atoms with Gasteiger partial charge in [0.1, 0.15) is 29.3 Å². The topological polar surface area (TPSA) is 133 Å². The van der Waals surface area contributed by atoms with Crippen molar-refractivity contribution in [2.75, 3.05) is 31.5 Å². The summed E-state index contributed by atoms with van der Waals surface area (Å²) in [5, 5.41) is 15.9. The highest BCUT2D eigenvalue weighted by Crippen LogP contribution is 2.50. The quantitative estimate of drug-likeness (QED) is 0.120.